The lowest BCUT2D eigenvalue weighted by Gasteiger charge is -2.27. The number of carbonyl (C=O) groups is 5. The second kappa shape index (κ2) is 17.3. The Bertz CT molecular complexity index is 1010. The molecule has 0 aliphatic carbocycles. The van der Waals surface area contributed by atoms with E-state index in [1.807, 2.05) is 44.2 Å². The third kappa shape index (κ3) is 14.6. The van der Waals surface area contributed by atoms with Crippen LogP contribution in [0.4, 0.5) is 0 Å². The van der Waals surface area contributed by atoms with Crippen molar-refractivity contribution in [1.29, 1.82) is 0 Å². The Kier molecular flexibility index (Phi) is 15.0. The SMILES string of the molecule is CC(C)C[C@H](NC(=O)[C@H](C)NC(=O)Cc1ccccc1)C(=O)N[C@@H](CCCC[N+](C)(C)C)C(=O)N[C@@H](CO)C(N)=O. The molecule has 0 saturated heterocycles. The van der Waals surface area contributed by atoms with Gasteiger partial charge in [0, 0.05) is 0 Å². The number of quaternary nitrogens is 1. The molecule has 0 spiro atoms. The van der Waals surface area contributed by atoms with Crippen molar-refractivity contribution in [1.82, 2.24) is 21.3 Å². The van der Waals surface area contributed by atoms with Gasteiger partial charge in [0.05, 0.1) is 40.7 Å². The van der Waals surface area contributed by atoms with Crippen LogP contribution in [0.15, 0.2) is 30.3 Å². The van der Waals surface area contributed by atoms with Crippen LogP contribution in [0, 0.1) is 5.92 Å². The average molecular weight is 578 g/mol. The number of aliphatic hydroxyl groups is 1. The molecular weight excluding hydrogens is 528 g/mol. The van der Waals surface area contributed by atoms with Gasteiger partial charge >= 0.3 is 0 Å². The van der Waals surface area contributed by atoms with Crippen LogP contribution >= 0.6 is 0 Å². The molecule has 0 aromatic heterocycles. The second-order valence-corrected chi connectivity index (χ2v) is 11.9. The van der Waals surface area contributed by atoms with Crippen molar-refractivity contribution in [2.45, 2.75) is 77.0 Å². The highest BCUT2D eigenvalue weighted by Gasteiger charge is 2.30. The van der Waals surface area contributed by atoms with E-state index in [9.17, 15) is 29.1 Å². The molecule has 1 aromatic rings. The van der Waals surface area contributed by atoms with Crippen molar-refractivity contribution >= 4 is 29.5 Å². The Morgan fingerprint density at radius 3 is 1.90 bits per heavy atom. The van der Waals surface area contributed by atoms with E-state index in [1.54, 1.807) is 0 Å². The lowest BCUT2D eigenvalue weighted by molar-refractivity contribution is -0.870. The van der Waals surface area contributed by atoms with E-state index in [1.165, 1.54) is 6.92 Å². The zero-order chi connectivity index (χ0) is 31.2. The monoisotopic (exact) mass is 577 g/mol. The minimum atomic E-state index is -1.29. The molecule has 0 unspecified atom stereocenters. The fraction of sp³-hybridized carbons (Fsp3) is 0.621. The van der Waals surface area contributed by atoms with Crippen LogP contribution in [0.2, 0.25) is 0 Å². The number of nitrogens with two attached hydrogens (primary N) is 1. The van der Waals surface area contributed by atoms with E-state index >= 15 is 0 Å². The van der Waals surface area contributed by atoms with Gasteiger partial charge < -0.3 is 36.6 Å². The van der Waals surface area contributed by atoms with E-state index < -0.39 is 54.4 Å². The van der Waals surface area contributed by atoms with Crippen LogP contribution in [0.1, 0.15) is 52.0 Å². The number of rotatable bonds is 18. The minimum Gasteiger partial charge on any atom is -0.394 e. The number of nitrogens with zero attached hydrogens (tertiary/aromatic N) is 1. The molecule has 230 valence electrons. The third-order valence-corrected chi connectivity index (χ3v) is 6.37. The number of unbranched alkanes of at least 4 members (excludes halogenated alkanes) is 1. The molecule has 0 aliphatic heterocycles. The van der Waals surface area contributed by atoms with Gasteiger partial charge in [0.2, 0.25) is 29.5 Å². The van der Waals surface area contributed by atoms with Crippen LogP contribution in [-0.4, -0.2) is 97.6 Å². The molecule has 0 aliphatic rings. The molecule has 5 amide bonds. The van der Waals surface area contributed by atoms with E-state index in [-0.39, 0.29) is 24.7 Å². The summed E-state index contributed by atoms with van der Waals surface area (Å²) >= 11 is 0. The second-order valence-electron chi connectivity index (χ2n) is 11.9. The number of primary amides is 1. The van der Waals surface area contributed by atoms with Gasteiger partial charge in [-0.3, -0.25) is 24.0 Å². The summed E-state index contributed by atoms with van der Waals surface area (Å²) in [5.74, 6) is -2.96. The number of nitrogens with one attached hydrogen (secondary N) is 4. The summed E-state index contributed by atoms with van der Waals surface area (Å²) in [6, 6.07) is 4.94. The van der Waals surface area contributed by atoms with Crippen LogP contribution in [0.25, 0.3) is 0 Å². The molecule has 41 heavy (non-hydrogen) atoms. The van der Waals surface area contributed by atoms with Gasteiger partial charge in [0.25, 0.3) is 0 Å². The predicted octanol–water partition coefficient (Wildman–Crippen LogP) is -0.412. The molecule has 7 N–H and O–H groups in total. The first-order valence-electron chi connectivity index (χ1n) is 14.1. The predicted molar refractivity (Wildman–Crippen MR) is 156 cm³/mol. The van der Waals surface area contributed by atoms with Crippen molar-refractivity contribution in [2.75, 3.05) is 34.3 Å². The number of aliphatic hydroxyl groups excluding tert-OH is 1. The summed E-state index contributed by atoms with van der Waals surface area (Å²) < 4.78 is 0.736. The lowest BCUT2D eigenvalue weighted by atomic mass is 10.0. The van der Waals surface area contributed by atoms with Crippen molar-refractivity contribution < 1.29 is 33.6 Å². The maximum absolute atomic E-state index is 13.4. The summed E-state index contributed by atoms with van der Waals surface area (Å²) in [6.45, 7) is 5.49. The number of hydrogen-bond donors (Lipinski definition) is 6. The van der Waals surface area contributed by atoms with Gasteiger partial charge in [0.15, 0.2) is 0 Å². The molecule has 0 bridgehead atoms. The van der Waals surface area contributed by atoms with Crippen LogP contribution in [0.3, 0.4) is 0 Å². The maximum Gasteiger partial charge on any atom is 0.243 e. The number of carbonyl (C=O) groups excluding carboxylic acids is 5. The van der Waals surface area contributed by atoms with E-state index in [0.717, 1.165) is 23.0 Å². The highest BCUT2D eigenvalue weighted by molar-refractivity contribution is 5.95. The Labute approximate surface area is 243 Å². The number of hydrogen-bond acceptors (Lipinski definition) is 6. The van der Waals surface area contributed by atoms with Crippen LogP contribution in [-0.2, 0) is 30.4 Å². The van der Waals surface area contributed by atoms with Crippen molar-refractivity contribution in [2.24, 2.45) is 11.7 Å². The van der Waals surface area contributed by atoms with E-state index in [2.05, 4.69) is 42.4 Å². The maximum atomic E-state index is 13.4. The summed E-state index contributed by atoms with van der Waals surface area (Å²) in [7, 11) is 6.15. The summed E-state index contributed by atoms with van der Waals surface area (Å²) in [5, 5.41) is 19.9. The Morgan fingerprint density at radius 1 is 0.805 bits per heavy atom. The highest BCUT2D eigenvalue weighted by atomic mass is 16.3. The van der Waals surface area contributed by atoms with Gasteiger partial charge in [-0.15, -0.1) is 0 Å². The van der Waals surface area contributed by atoms with Gasteiger partial charge in [-0.25, -0.2) is 0 Å². The molecular formula is C29H49N6O6+. The molecule has 1 rings (SSSR count). The van der Waals surface area contributed by atoms with Crippen LogP contribution in [0.5, 0.6) is 0 Å². The average Bonchev–Trinajstić information content (AvgIpc) is 2.87. The molecule has 4 atom stereocenters. The van der Waals surface area contributed by atoms with Gasteiger partial charge in [0.1, 0.15) is 24.2 Å². The smallest absolute Gasteiger partial charge is 0.243 e. The third-order valence-electron chi connectivity index (χ3n) is 6.37. The normalized spacial score (nSPS) is 14.3. The van der Waals surface area contributed by atoms with Gasteiger partial charge in [-0.05, 0) is 44.1 Å². The van der Waals surface area contributed by atoms with Gasteiger partial charge in [-0.2, -0.15) is 0 Å². The molecule has 0 heterocycles. The lowest BCUT2D eigenvalue weighted by Crippen LogP contribution is -2.58. The Balaban J connectivity index is 2.93. The highest BCUT2D eigenvalue weighted by Crippen LogP contribution is 2.09. The molecule has 12 heteroatoms. The number of benzene rings is 1. The fourth-order valence-electron chi connectivity index (χ4n) is 4.09. The Morgan fingerprint density at radius 2 is 1.37 bits per heavy atom. The first-order chi connectivity index (χ1) is 19.1. The largest absolute Gasteiger partial charge is 0.394 e. The zero-order valence-corrected chi connectivity index (χ0v) is 25.2. The summed E-state index contributed by atoms with van der Waals surface area (Å²) in [5.41, 5.74) is 6.06. The fourth-order valence-corrected chi connectivity index (χ4v) is 4.09. The quantitative estimate of drug-likeness (QED) is 0.102. The molecule has 1 aromatic carbocycles. The minimum absolute atomic E-state index is 0.0273. The van der Waals surface area contributed by atoms with Crippen LogP contribution < -0.4 is 27.0 Å². The first kappa shape index (κ1) is 35.5. The molecule has 0 fully saturated rings. The van der Waals surface area contributed by atoms with Gasteiger partial charge in [-0.1, -0.05) is 44.2 Å². The molecule has 0 radical (unpaired) electrons. The zero-order valence-electron chi connectivity index (χ0n) is 25.2. The standard InChI is InChI=1S/C29H48N6O6/c1-19(2)16-23(33-27(39)20(3)31-25(37)17-21-12-8-7-9-13-21)29(41)32-22(14-10-11-15-35(4,5)6)28(40)34-24(18-36)26(30)38/h7-9,12-13,19-20,22-24,36H,10-11,14-18H2,1-6H3,(H5-,30,31,32,33,34,37,38,39,40,41)/p+1/t20-,22-,23-,24-/m0/s1. The number of amides is 5. The summed E-state index contributed by atoms with van der Waals surface area (Å²) in [4.78, 5) is 63.3. The molecule has 12 nitrogen and oxygen atoms in total. The van der Waals surface area contributed by atoms with Crippen molar-refractivity contribution in [3.63, 3.8) is 0 Å². The Hall–Kier alpha value is -3.51. The van der Waals surface area contributed by atoms with E-state index in [4.69, 9.17) is 5.73 Å². The van der Waals surface area contributed by atoms with Crippen molar-refractivity contribution in [3.8, 4) is 0 Å². The topological polar surface area (TPSA) is 180 Å². The first-order valence-corrected chi connectivity index (χ1v) is 14.1. The summed E-state index contributed by atoms with van der Waals surface area (Å²) in [6.07, 6.45) is 2.08. The van der Waals surface area contributed by atoms with E-state index in [0.29, 0.717) is 12.8 Å². The molecule has 0 saturated carbocycles. The van der Waals surface area contributed by atoms with Crippen molar-refractivity contribution in [3.05, 3.63) is 35.9 Å².